The molecule has 0 aliphatic carbocycles. The maximum atomic E-state index is 8.71. The van der Waals surface area contributed by atoms with E-state index in [1.54, 1.807) is 0 Å². The molecule has 1 heterocycles. The van der Waals surface area contributed by atoms with Crippen LogP contribution in [-0.4, -0.2) is 16.7 Å². The topological polar surface area (TPSA) is 59.1 Å². The van der Waals surface area contributed by atoms with Crippen LogP contribution in [-0.2, 0) is 0 Å². The predicted molar refractivity (Wildman–Crippen MR) is 43.0 cm³/mol. The maximum Gasteiger partial charge on any atom is 0.0705 e. The second kappa shape index (κ2) is 3.46. The van der Waals surface area contributed by atoms with Crippen LogP contribution in [0.2, 0.25) is 0 Å². The fourth-order valence-corrected chi connectivity index (χ4v) is 0.864. The average molecular weight is 152 g/mol. The van der Waals surface area contributed by atoms with Crippen LogP contribution in [0.25, 0.3) is 0 Å². The Morgan fingerprint density at radius 3 is 2.91 bits per heavy atom. The van der Waals surface area contributed by atoms with E-state index >= 15 is 0 Å². The smallest absolute Gasteiger partial charge is 0.0705 e. The average Bonchev–Trinajstić information content (AvgIpc) is 2.03. The first-order chi connectivity index (χ1) is 5.24. The molecule has 0 unspecified atom stereocenters. The van der Waals surface area contributed by atoms with Crippen molar-refractivity contribution in [2.24, 2.45) is 5.73 Å². The first-order valence-corrected chi connectivity index (χ1v) is 3.54. The Bertz CT molecular complexity index is 237. The third-order valence-corrected chi connectivity index (χ3v) is 1.49. The number of hydrogen-bond donors (Lipinski definition) is 2. The highest BCUT2D eigenvalue weighted by Gasteiger charge is 2.04. The van der Waals surface area contributed by atoms with Gasteiger partial charge in [0.1, 0.15) is 0 Å². The SMILES string of the molecule is Cc1cccc([C@@H](N)CO)n1. The molecule has 0 aliphatic heterocycles. The molecule has 1 atom stereocenters. The molecule has 0 amide bonds. The van der Waals surface area contributed by atoms with Crippen molar-refractivity contribution in [3.05, 3.63) is 29.6 Å². The number of nitrogens with zero attached hydrogens (tertiary/aromatic N) is 1. The lowest BCUT2D eigenvalue weighted by Crippen LogP contribution is -2.16. The van der Waals surface area contributed by atoms with Crippen LogP contribution >= 0.6 is 0 Å². The van der Waals surface area contributed by atoms with Crippen molar-refractivity contribution in [2.45, 2.75) is 13.0 Å². The largest absolute Gasteiger partial charge is 0.394 e. The van der Waals surface area contributed by atoms with E-state index in [-0.39, 0.29) is 12.6 Å². The second-order valence-corrected chi connectivity index (χ2v) is 2.49. The van der Waals surface area contributed by atoms with Gasteiger partial charge in [-0.25, -0.2) is 0 Å². The molecule has 0 spiro atoms. The first kappa shape index (κ1) is 8.17. The minimum absolute atomic E-state index is 0.0591. The summed E-state index contributed by atoms with van der Waals surface area (Å²) in [7, 11) is 0. The summed E-state index contributed by atoms with van der Waals surface area (Å²) in [6.07, 6.45) is 0. The van der Waals surface area contributed by atoms with Crippen molar-refractivity contribution < 1.29 is 5.11 Å². The minimum atomic E-state index is -0.352. The van der Waals surface area contributed by atoms with Gasteiger partial charge in [-0.15, -0.1) is 0 Å². The van der Waals surface area contributed by atoms with Gasteiger partial charge in [-0.05, 0) is 19.1 Å². The van der Waals surface area contributed by atoms with E-state index in [9.17, 15) is 0 Å². The van der Waals surface area contributed by atoms with E-state index in [2.05, 4.69) is 4.98 Å². The Hall–Kier alpha value is -0.930. The fourth-order valence-electron chi connectivity index (χ4n) is 0.864. The predicted octanol–water partition coefficient (Wildman–Crippen LogP) is 0.382. The second-order valence-electron chi connectivity index (χ2n) is 2.49. The van der Waals surface area contributed by atoms with Gasteiger partial charge < -0.3 is 10.8 Å². The third-order valence-electron chi connectivity index (χ3n) is 1.49. The summed E-state index contributed by atoms with van der Waals surface area (Å²) < 4.78 is 0. The van der Waals surface area contributed by atoms with E-state index in [1.165, 1.54) is 0 Å². The highest BCUT2D eigenvalue weighted by molar-refractivity contribution is 5.12. The zero-order valence-corrected chi connectivity index (χ0v) is 6.49. The molecule has 3 N–H and O–H groups in total. The Balaban J connectivity index is 2.86. The Kier molecular flexibility index (Phi) is 2.57. The van der Waals surface area contributed by atoms with E-state index < -0.39 is 0 Å². The van der Waals surface area contributed by atoms with Gasteiger partial charge in [-0.2, -0.15) is 0 Å². The number of rotatable bonds is 2. The summed E-state index contributed by atoms with van der Waals surface area (Å²) in [6.45, 7) is 1.84. The summed E-state index contributed by atoms with van der Waals surface area (Å²) in [5.74, 6) is 0. The normalized spacial score (nSPS) is 13.0. The number of aryl methyl sites for hydroxylation is 1. The molecule has 60 valence electrons. The van der Waals surface area contributed by atoms with Crippen LogP contribution in [0.15, 0.2) is 18.2 Å². The van der Waals surface area contributed by atoms with Gasteiger partial charge in [0.05, 0.1) is 18.3 Å². The van der Waals surface area contributed by atoms with Crippen LogP contribution in [0.5, 0.6) is 0 Å². The summed E-state index contributed by atoms with van der Waals surface area (Å²) in [5.41, 5.74) is 7.22. The molecular weight excluding hydrogens is 140 g/mol. The van der Waals surface area contributed by atoms with Gasteiger partial charge in [0, 0.05) is 5.69 Å². The van der Waals surface area contributed by atoms with Crippen LogP contribution < -0.4 is 5.73 Å². The lowest BCUT2D eigenvalue weighted by Gasteiger charge is -2.06. The molecule has 11 heavy (non-hydrogen) atoms. The monoisotopic (exact) mass is 152 g/mol. The van der Waals surface area contributed by atoms with Gasteiger partial charge >= 0.3 is 0 Å². The summed E-state index contributed by atoms with van der Waals surface area (Å²) in [6, 6.07) is 5.24. The van der Waals surface area contributed by atoms with Crippen molar-refractivity contribution >= 4 is 0 Å². The Labute approximate surface area is 65.9 Å². The molecule has 3 heteroatoms. The molecule has 1 rings (SSSR count). The van der Waals surface area contributed by atoms with Crippen molar-refractivity contribution in [3.63, 3.8) is 0 Å². The molecule has 1 aromatic heterocycles. The van der Waals surface area contributed by atoms with Crippen molar-refractivity contribution in [1.82, 2.24) is 4.98 Å². The van der Waals surface area contributed by atoms with Crippen LogP contribution in [0, 0.1) is 6.92 Å². The molecule has 1 aromatic rings. The van der Waals surface area contributed by atoms with Crippen LogP contribution in [0.3, 0.4) is 0 Å². The molecular formula is C8H12N2O. The van der Waals surface area contributed by atoms with Crippen molar-refractivity contribution in [2.75, 3.05) is 6.61 Å². The first-order valence-electron chi connectivity index (χ1n) is 3.54. The maximum absolute atomic E-state index is 8.71. The summed E-state index contributed by atoms with van der Waals surface area (Å²) in [4.78, 5) is 4.16. The number of aromatic nitrogens is 1. The third kappa shape index (κ3) is 2.00. The molecule has 0 saturated carbocycles. The molecule has 0 aliphatic rings. The number of pyridine rings is 1. The van der Waals surface area contributed by atoms with Crippen molar-refractivity contribution in [1.29, 1.82) is 0 Å². The summed E-state index contributed by atoms with van der Waals surface area (Å²) >= 11 is 0. The Morgan fingerprint density at radius 1 is 1.64 bits per heavy atom. The molecule has 0 saturated heterocycles. The minimum Gasteiger partial charge on any atom is -0.394 e. The van der Waals surface area contributed by atoms with E-state index in [1.807, 2.05) is 25.1 Å². The number of hydrogen-bond acceptors (Lipinski definition) is 3. The molecule has 3 nitrogen and oxygen atoms in total. The number of aliphatic hydroxyl groups excluding tert-OH is 1. The van der Waals surface area contributed by atoms with Crippen LogP contribution in [0.4, 0.5) is 0 Å². The highest BCUT2D eigenvalue weighted by atomic mass is 16.3. The van der Waals surface area contributed by atoms with Gasteiger partial charge in [-0.1, -0.05) is 6.07 Å². The standard InChI is InChI=1S/C8H12N2O/c1-6-3-2-4-8(10-6)7(9)5-11/h2-4,7,11H,5,9H2,1H3/t7-/m0/s1. The van der Waals surface area contributed by atoms with E-state index in [4.69, 9.17) is 10.8 Å². The Morgan fingerprint density at radius 2 is 2.36 bits per heavy atom. The van der Waals surface area contributed by atoms with Gasteiger partial charge in [0.25, 0.3) is 0 Å². The fraction of sp³-hybridized carbons (Fsp3) is 0.375. The molecule has 0 bridgehead atoms. The van der Waals surface area contributed by atoms with Gasteiger partial charge in [0.15, 0.2) is 0 Å². The molecule has 0 aromatic carbocycles. The zero-order valence-electron chi connectivity index (χ0n) is 6.49. The highest BCUT2D eigenvalue weighted by Crippen LogP contribution is 2.05. The zero-order chi connectivity index (χ0) is 8.27. The van der Waals surface area contributed by atoms with E-state index in [0.717, 1.165) is 11.4 Å². The van der Waals surface area contributed by atoms with Gasteiger partial charge in [0.2, 0.25) is 0 Å². The lowest BCUT2D eigenvalue weighted by molar-refractivity contribution is 0.266. The summed E-state index contributed by atoms with van der Waals surface area (Å²) in [5, 5.41) is 8.71. The number of nitrogens with two attached hydrogens (primary N) is 1. The van der Waals surface area contributed by atoms with Crippen molar-refractivity contribution in [3.8, 4) is 0 Å². The molecule has 0 fully saturated rings. The van der Waals surface area contributed by atoms with Crippen LogP contribution in [0.1, 0.15) is 17.4 Å². The van der Waals surface area contributed by atoms with E-state index in [0.29, 0.717) is 0 Å². The lowest BCUT2D eigenvalue weighted by atomic mass is 10.2. The number of aliphatic hydroxyl groups is 1. The van der Waals surface area contributed by atoms with Gasteiger partial charge in [-0.3, -0.25) is 4.98 Å². The molecule has 0 radical (unpaired) electrons. The quantitative estimate of drug-likeness (QED) is 0.644.